The Bertz CT molecular complexity index is 125. The van der Waals surface area contributed by atoms with E-state index in [1.54, 1.807) is 0 Å². The smallest absolute Gasteiger partial charge is 0.550 e. The average molecular weight is 372 g/mol. The van der Waals surface area contributed by atoms with Crippen molar-refractivity contribution >= 4 is 41.8 Å². The summed E-state index contributed by atoms with van der Waals surface area (Å²) in [5.74, 6) is -3.25. The van der Waals surface area contributed by atoms with Gasteiger partial charge in [-0.1, -0.05) is 0 Å². The summed E-state index contributed by atoms with van der Waals surface area (Å²) in [5.41, 5.74) is 0. The van der Waals surface area contributed by atoms with E-state index in [2.05, 4.69) is 0 Å². The fourth-order valence-electron chi connectivity index (χ4n) is 0. The van der Waals surface area contributed by atoms with Crippen LogP contribution in [0.1, 0.15) is 20.8 Å². The Labute approximate surface area is 115 Å². The summed E-state index contributed by atoms with van der Waals surface area (Å²) in [7, 11) is 0. The van der Waals surface area contributed by atoms with Gasteiger partial charge in [0.2, 0.25) is 0 Å². The summed E-state index contributed by atoms with van der Waals surface area (Å²) in [6, 6.07) is 0. The zero-order valence-corrected chi connectivity index (χ0v) is 12.4. The van der Waals surface area contributed by atoms with E-state index in [4.69, 9.17) is 29.7 Å². The normalized spacial score (nSPS) is 5.00. The molecular weight excluding hydrogens is 360 g/mol. The van der Waals surface area contributed by atoms with Crippen LogP contribution < -0.4 is 21.5 Å². The summed E-state index contributed by atoms with van der Waals surface area (Å²) in [6.07, 6.45) is 0. The molecule has 0 atom stereocenters. The number of carboxylic acids is 3. The number of carbonyl (C=O) groups is 3. The topological polar surface area (TPSA) is 155 Å². The number of carbonyl (C=O) groups excluding carboxylic acids is 3. The molecule has 0 saturated heterocycles. The summed E-state index contributed by atoms with van der Waals surface area (Å²) >= 11 is 0. The van der Waals surface area contributed by atoms with Gasteiger partial charge in [0.1, 0.15) is 0 Å². The molecule has 3 N–H and O–H groups in total. The van der Waals surface area contributed by atoms with Gasteiger partial charge in [0.25, 0.3) is 0 Å². The molecular formula is C6H12CoNO6Sn+3. The van der Waals surface area contributed by atoms with Crippen molar-refractivity contribution in [2.45, 2.75) is 20.8 Å². The van der Waals surface area contributed by atoms with Crippen molar-refractivity contribution in [3.05, 3.63) is 0 Å². The predicted octanol–water partition coefficient (Wildman–Crippen LogP) is -3.95. The van der Waals surface area contributed by atoms with E-state index in [-0.39, 0.29) is 46.8 Å². The molecule has 0 aliphatic heterocycles. The minimum absolute atomic E-state index is 0. The van der Waals surface area contributed by atoms with Crippen LogP contribution in [0.5, 0.6) is 0 Å². The second kappa shape index (κ2) is 29.2. The SMILES string of the molecule is CC(=O)[O-].CC(=O)[O-].CC(=O)[O-].N.[Co+2].[Sn+4]. The van der Waals surface area contributed by atoms with Gasteiger partial charge in [-0.25, -0.2) is 0 Å². The van der Waals surface area contributed by atoms with Crippen LogP contribution in [0.2, 0.25) is 0 Å². The van der Waals surface area contributed by atoms with Gasteiger partial charge in [-0.2, -0.15) is 0 Å². The Morgan fingerprint density at radius 2 is 0.733 bits per heavy atom. The van der Waals surface area contributed by atoms with Gasteiger partial charge in [-0.15, -0.1) is 0 Å². The summed E-state index contributed by atoms with van der Waals surface area (Å²) in [4.78, 5) is 26.7. The van der Waals surface area contributed by atoms with Crippen molar-refractivity contribution in [3.63, 3.8) is 0 Å². The predicted molar refractivity (Wildman–Crippen MR) is 42.8 cm³/mol. The van der Waals surface area contributed by atoms with Crippen molar-refractivity contribution in [2.75, 3.05) is 0 Å². The molecule has 0 rings (SSSR count). The number of aliphatic carboxylic acids is 3. The van der Waals surface area contributed by atoms with Crippen LogP contribution in [0.4, 0.5) is 0 Å². The molecule has 0 amide bonds. The minimum Gasteiger partial charge on any atom is -0.550 e. The van der Waals surface area contributed by atoms with Crippen LogP contribution >= 0.6 is 0 Å². The molecule has 0 aliphatic rings. The molecule has 9 heteroatoms. The van der Waals surface area contributed by atoms with E-state index in [9.17, 15) is 0 Å². The van der Waals surface area contributed by atoms with Crippen LogP contribution in [0.3, 0.4) is 0 Å². The maximum absolute atomic E-state index is 8.89. The Kier molecular flexibility index (Phi) is 71.0. The Morgan fingerprint density at radius 1 is 0.733 bits per heavy atom. The Hall–Kier alpha value is -0.325. The maximum atomic E-state index is 8.89. The summed E-state index contributed by atoms with van der Waals surface area (Å²) < 4.78 is 0. The van der Waals surface area contributed by atoms with Crippen LogP contribution in [0, 0.1) is 0 Å². The van der Waals surface area contributed by atoms with Crippen molar-refractivity contribution in [3.8, 4) is 0 Å². The molecule has 1 radical (unpaired) electrons. The Morgan fingerprint density at radius 3 is 0.733 bits per heavy atom. The fourth-order valence-corrected chi connectivity index (χ4v) is 0. The second-order valence-corrected chi connectivity index (χ2v) is 1.47. The molecule has 0 aromatic carbocycles. The van der Waals surface area contributed by atoms with Crippen molar-refractivity contribution < 1.29 is 46.5 Å². The van der Waals surface area contributed by atoms with E-state index in [0.717, 1.165) is 20.8 Å². The van der Waals surface area contributed by atoms with Crippen LogP contribution in [-0.2, 0) is 31.2 Å². The third-order valence-corrected chi connectivity index (χ3v) is 0. The standard InChI is InChI=1S/3C2H4O2.Co.H3N.Sn/c3*1-2(3)4;;;/h3*1H3,(H,3,4);;1H3;/q;;;+2;;+4/p-3. The molecule has 0 saturated carbocycles. The molecule has 7 nitrogen and oxygen atoms in total. The van der Waals surface area contributed by atoms with E-state index in [0.29, 0.717) is 0 Å². The minimum atomic E-state index is -1.08. The van der Waals surface area contributed by atoms with Gasteiger partial charge in [-0.3, -0.25) is 0 Å². The molecule has 0 unspecified atom stereocenters. The quantitative estimate of drug-likeness (QED) is 0.426. The fraction of sp³-hybridized carbons (Fsp3) is 0.500. The maximum Gasteiger partial charge on any atom is 4.00 e. The third kappa shape index (κ3) is 17700. The molecule has 0 spiro atoms. The monoisotopic (exact) mass is 373 g/mol. The van der Waals surface area contributed by atoms with Crippen LogP contribution in [0.15, 0.2) is 0 Å². The molecule has 0 aromatic heterocycles. The number of hydrogen-bond donors (Lipinski definition) is 1. The van der Waals surface area contributed by atoms with Gasteiger partial charge in [0.15, 0.2) is 0 Å². The van der Waals surface area contributed by atoms with E-state index >= 15 is 0 Å². The molecule has 0 fully saturated rings. The summed E-state index contributed by atoms with van der Waals surface area (Å²) in [5, 5.41) is 26.7. The first-order chi connectivity index (χ1) is 5.20. The number of rotatable bonds is 0. The number of carboxylic acid groups (broad SMARTS) is 3. The largest absolute Gasteiger partial charge is 4.00 e. The Balaban J connectivity index is -0.0000000184. The zero-order valence-electron chi connectivity index (χ0n) is 8.49. The van der Waals surface area contributed by atoms with E-state index in [1.807, 2.05) is 0 Å². The molecule has 0 aromatic rings. The van der Waals surface area contributed by atoms with E-state index in [1.165, 1.54) is 0 Å². The first-order valence-corrected chi connectivity index (χ1v) is 2.72. The first-order valence-electron chi connectivity index (χ1n) is 2.72. The zero-order chi connectivity index (χ0) is 10.7. The first kappa shape index (κ1) is 36.5. The van der Waals surface area contributed by atoms with Crippen molar-refractivity contribution in [1.29, 1.82) is 0 Å². The molecule has 0 bridgehead atoms. The third-order valence-electron chi connectivity index (χ3n) is 0. The van der Waals surface area contributed by atoms with Crippen molar-refractivity contribution in [1.82, 2.24) is 6.15 Å². The van der Waals surface area contributed by atoms with Gasteiger partial charge in [0, 0.05) is 17.9 Å². The molecule has 0 heterocycles. The van der Waals surface area contributed by atoms with Gasteiger partial charge in [0.05, 0.1) is 0 Å². The van der Waals surface area contributed by atoms with Gasteiger partial charge >= 0.3 is 40.7 Å². The second-order valence-electron chi connectivity index (χ2n) is 1.47. The van der Waals surface area contributed by atoms with Crippen LogP contribution in [-0.4, -0.2) is 41.8 Å². The molecule has 87 valence electrons. The van der Waals surface area contributed by atoms with Crippen molar-refractivity contribution in [2.24, 2.45) is 0 Å². The average Bonchev–Trinajstić information content (AvgIpc) is 1.54. The van der Waals surface area contributed by atoms with Crippen LogP contribution in [0.25, 0.3) is 0 Å². The molecule has 0 aliphatic carbocycles. The van der Waals surface area contributed by atoms with Gasteiger partial charge < -0.3 is 35.9 Å². The summed E-state index contributed by atoms with van der Waals surface area (Å²) in [6.45, 7) is 2.92. The van der Waals surface area contributed by atoms with E-state index < -0.39 is 17.9 Å². The van der Waals surface area contributed by atoms with Gasteiger partial charge in [-0.05, 0) is 20.8 Å². The molecule has 15 heavy (non-hydrogen) atoms. The number of hydrogen-bond acceptors (Lipinski definition) is 7.